The average molecular weight is 586 g/mol. The fourth-order valence-electron chi connectivity index (χ4n) is 4.53. The van der Waals surface area contributed by atoms with E-state index in [1.54, 1.807) is 37.5 Å². The van der Waals surface area contributed by atoms with Crippen LogP contribution in [0.3, 0.4) is 0 Å². The molecule has 216 valence electrons. The van der Waals surface area contributed by atoms with Gasteiger partial charge in [-0.2, -0.15) is 0 Å². The Morgan fingerprint density at radius 3 is 2.57 bits per heavy atom. The Morgan fingerprint density at radius 1 is 1.00 bits per heavy atom. The van der Waals surface area contributed by atoms with Gasteiger partial charge in [-0.05, 0) is 63.0 Å². The van der Waals surface area contributed by atoms with Crippen molar-refractivity contribution in [2.75, 3.05) is 32.6 Å². The highest BCUT2D eigenvalue weighted by atomic mass is 32.1. The van der Waals surface area contributed by atoms with Gasteiger partial charge in [0, 0.05) is 44.2 Å². The summed E-state index contributed by atoms with van der Waals surface area (Å²) in [5, 5.41) is 0. The van der Waals surface area contributed by atoms with Crippen LogP contribution < -0.4 is 9.64 Å². The predicted octanol–water partition coefficient (Wildman–Crippen LogP) is 6.21. The van der Waals surface area contributed by atoms with Crippen molar-refractivity contribution in [2.45, 2.75) is 25.8 Å². The number of ketones is 1. The highest BCUT2D eigenvalue weighted by Gasteiger charge is 2.18. The summed E-state index contributed by atoms with van der Waals surface area (Å²) in [6, 6.07) is 17.2. The normalized spacial score (nSPS) is 11.3. The molecule has 0 radical (unpaired) electrons. The molecule has 0 N–H and O–H groups in total. The van der Waals surface area contributed by atoms with Gasteiger partial charge in [-0.25, -0.2) is 9.37 Å². The van der Waals surface area contributed by atoms with Crippen molar-refractivity contribution in [3.63, 3.8) is 0 Å². The summed E-state index contributed by atoms with van der Waals surface area (Å²) < 4.78 is 23.9. The minimum Gasteiger partial charge on any atom is -0.453 e. The lowest BCUT2D eigenvalue weighted by atomic mass is 10.1. The van der Waals surface area contributed by atoms with Crippen LogP contribution in [0.1, 0.15) is 18.4 Å². The molecule has 3 heterocycles. The van der Waals surface area contributed by atoms with Crippen LogP contribution in [0.15, 0.2) is 79.4 Å². The summed E-state index contributed by atoms with van der Waals surface area (Å²) in [5.41, 5.74) is 2.76. The number of imidazole rings is 1. The first-order valence-electron chi connectivity index (χ1n) is 13.6. The van der Waals surface area contributed by atoms with Gasteiger partial charge in [0.2, 0.25) is 5.91 Å². The van der Waals surface area contributed by atoms with Crippen LogP contribution in [0.25, 0.3) is 20.8 Å². The Kier molecular flexibility index (Phi) is 9.04. The number of ether oxygens (including phenoxy) is 1. The highest BCUT2D eigenvalue weighted by molar-refractivity contribution is 7.22. The molecule has 0 aliphatic carbocycles. The second-order valence-electron chi connectivity index (χ2n) is 10.3. The van der Waals surface area contributed by atoms with Gasteiger partial charge >= 0.3 is 0 Å². The van der Waals surface area contributed by atoms with Gasteiger partial charge < -0.3 is 19.1 Å². The van der Waals surface area contributed by atoms with E-state index >= 15 is 4.39 Å². The van der Waals surface area contributed by atoms with Gasteiger partial charge in [0.15, 0.2) is 11.6 Å². The van der Waals surface area contributed by atoms with E-state index in [1.807, 2.05) is 36.8 Å². The zero-order valence-electron chi connectivity index (χ0n) is 23.8. The number of rotatable bonds is 12. The maximum Gasteiger partial charge on any atom is 0.234 e. The summed E-state index contributed by atoms with van der Waals surface area (Å²) in [4.78, 5) is 38.7. The summed E-state index contributed by atoms with van der Waals surface area (Å²) in [5.74, 6) is -0.679. The highest BCUT2D eigenvalue weighted by Crippen LogP contribution is 2.39. The molecule has 1 amide bonds. The van der Waals surface area contributed by atoms with Crippen LogP contribution >= 0.6 is 11.3 Å². The number of anilines is 1. The first kappa shape index (κ1) is 29.1. The Labute approximate surface area is 248 Å². The fourth-order valence-corrected chi connectivity index (χ4v) is 5.56. The van der Waals surface area contributed by atoms with Gasteiger partial charge in [0.1, 0.15) is 11.5 Å². The lowest BCUT2D eigenvalue weighted by Crippen LogP contribution is -2.28. The Bertz CT molecular complexity index is 1700. The number of nitrogens with zero attached hydrogens (tertiary/aromatic N) is 5. The molecule has 0 aliphatic heterocycles. The molecule has 42 heavy (non-hydrogen) atoms. The van der Waals surface area contributed by atoms with Crippen molar-refractivity contribution < 1.29 is 18.7 Å². The van der Waals surface area contributed by atoms with Crippen LogP contribution in [-0.4, -0.2) is 58.8 Å². The molecule has 0 saturated heterocycles. The van der Waals surface area contributed by atoms with Crippen molar-refractivity contribution in [3.8, 4) is 22.1 Å². The lowest BCUT2D eigenvalue weighted by molar-refractivity contribution is -0.126. The zero-order chi connectivity index (χ0) is 29.6. The standard InChI is InChI=1S/C32H32FN5O3S/c1-36(2)14-7-15-38-20-27(35-21-38)30-19-26-32(42-30)29(12-13-34-26)41-28-11-10-22(17-25(28)33)16-24(39)18-31(40)37(3)23-8-5-4-6-9-23/h4-6,8-13,17,19-21H,7,14-16,18H2,1-3H3. The van der Waals surface area contributed by atoms with Crippen molar-refractivity contribution in [1.82, 2.24) is 19.4 Å². The number of pyridine rings is 1. The number of carbonyl (C=O) groups excluding carboxylic acids is 2. The minimum atomic E-state index is -0.591. The smallest absolute Gasteiger partial charge is 0.234 e. The molecule has 3 aromatic heterocycles. The first-order chi connectivity index (χ1) is 20.3. The number of para-hydroxylation sites is 1. The molecule has 0 atom stereocenters. The second-order valence-corrected chi connectivity index (χ2v) is 11.4. The molecule has 0 fully saturated rings. The summed E-state index contributed by atoms with van der Waals surface area (Å²) in [7, 11) is 5.74. The largest absolute Gasteiger partial charge is 0.453 e. The number of Topliss-reactive ketones (excluding diaryl/α,β-unsaturated/α-hetero) is 1. The van der Waals surface area contributed by atoms with Gasteiger partial charge in [0.05, 0.1) is 33.5 Å². The van der Waals surface area contributed by atoms with Crippen LogP contribution in [0.2, 0.25) is 0 Å². The summed E-state index contributed by atoms with van der Waals surface area (Å²) in [6.07, 6.45) is 6.18. The maximum absolute atomic E-state index is 15.1. The molecule has 2 aromatic carbocycles. The maximum atomic E-state index is 15.1. The molecule has 0 unspecified atom stereocenters. The summed E-state index contributed by atoms with van der Waals surface area (Å²) in [6.45, 7) is 1.88. The van der Waals surface area contributed by atoms with Crippen LogP contribution in [-0.2, 0) is 22.6 Å². The van der Waals surface area contributed by atoms with Crippen molar-refractivity contribution in [3.05, 3.63) is 90.8 Å². The molecule has 8 nitrogen and oxygen atoms in total. The second kappa shape index (κ2) is 13.1. The lowest BCUT2D eigenvalue weighted by Gasteiger charge is -2.16. The van der Waals surface area contributed by atoms with Gasteiger partial charge in [-0.1, -0.05) is 24.3 Å². The van der Waals surface area contributed by atoms with Gasteiger partial charge in [0.25, 0.3) is 0 Å². The first-order valence-corrected chi connectivity index (χ1v) is 14.4. The number of benzene rings is 2. The third kappa shape index (κ3) is 7.07. The van der Waals surface area contributed by atoms with Crippen LogP contribution in [0.5, 0.6) is 11.5 Å². The van der Waals surface area contributed by atoms with E-state index in [2.05, 4.69) is 33.5 Å². The van der Waals surface area contributed by atoms with E-state index in [4.69, 9.17) is 4.74 Å². The van der Waals surface area contributed by atoms with Crippen LogP contribution in [0.4, 0.5) is 10.1 Å². The molecular formula is C32H32FN5O3S. The molecule has 0 spiro atoms. The Balaban J connectivity index is 1.24. The SMILES string of the molecule is CN(C)CCCn1cnc(-c2cc3nccc(Oc4ccc(CC(=O)CC(=O)N(C)c5ccccc5)cc4F)c3s2)c1. The van der Waals surface area contributed by atoms with Crippen molar-refractivity contribution in [2.24, 2.45) is 0 Å². The fraction of sp³-hybridized carbons (Fsp3) is 0.250. The van der Waals surface area contributed by atoms with Gasteiger partial charge in [-0.15, -0.1) is 11.3 Å². The van der Waals surface area contributed by atoms with E-state index < -0.39 is 5.82 Å². The van der Waals surface area contributed by atoms with Crippen molar-refractivity contribution in [1.29, 1.82) is 0 Å². The number of halogens is 1. The molecule has 5 aromatic rings. The van der Waals surface area contributed by atoms with E-state index in [0.29, 0.717) is 17.0 Å². The average Bonchev–Trinajstić information content (AvgIpc) is 3.62. The molecular weight excluding hydrogens is 553 g/mol. The number of aryl methyl sites for hydroxylation is 1. The number of carbonyl (C=O) groups is 2. The number of thiophene rings is 1. The summed E-state index contributed by atoms with van der Waals surface area (Å²) >= 11 is 1.49. The third-order valence-corrected chi connectivity index (χ3v) is 7.93. The number of fused-ring (bicyclic) bond motifs is 1. The van der Waals surface area contributed by atoms with E-state index in [9.17, 15) is 9.59 Å². The monoisotopic (exact) mass is 585 g/mol. The molecule has 5 rings (SSSR count). The molecule has 10 heteroatoms. The predicted molar refractivity (Wildman–Crippen MR) is 164 cm³/mol. The molecule has 0 aliphatic rings. The van der Waals surface area contributed by atoms with E-state index in [1.165, 1.54) is 28.4 Å². The Morgan fingerprint density at radius 2 is 1.81 bits per heavy atom. The molecule has 0 bridgehead atoms. The zero-order valence-corrected chi connectivity index (χ0v) is 24.6. The third-order valence-electron chi connectivity index (χ3n) is 6.77. The number of hydrogen-bond acceptors (Lipinski definition) is 7. The quantitative estimate of drug-likeness (QED) is 0.162. The van der Waals surface area contributed by atoms with Crippen molar-refractivity contribution >= 4 is 38.9 Å². The van der Waals surface area contributed by atoms with E-state index in [-0.39, 0.29) is 30.3 Å². The topological polar surface area (TPSA) is 80.6 Å². The number of aromatic nitrogens is 3. The number of amides is 1. The Hall–Kier alpha value is -4.41. The molecule has 0 saturated carbocycles. The minimum absolute atomic E-state index is 0.0405. The number of hydrogen-bond donors (Lipinski definition) is 0. The van der Waals surface area contributed by atoms with Gasteiger partial charge in [-0.3, -0.25) is 14.6 Å². The van der Waals surface area contributed by atoms with E-state index in [0.717, 1.165) is 40.3 Å². The van der Waals surface area contributed by atoms with Crippen LogP contribution in [0, 0.1) is 5.82 Å².